The molecule has 1 amide bonds. The highest BCUT2D eigenvalue weighted by Crippen LogP contribution is 2.36. The molecule has 1 aliphatic heterocycles. The van der Waals surface area contributed by atoms with Crippen LogP contribution in [0.4, 0.5) is 20.3 Å². The molecule has 37 heavy (non-hydrogen) atoms. The summed E-state index contributed by atoms with van der Waals surface area (Å²) in [5, 5.41) is 6.97. The summed E-state index contributed by atoms with van der Waals surface area (Å²) in [6.45, 7) is 1.97. The van der Waals surface area contributed by atoms with Crippen LogP contribution in [0.5, 0.6) is 0 Å². The Bertz CT molecular complexity index is 1320. The van der Waals surface area contributed by atoms with E-state index in [9.17, 15) is 13.6 Å². The van der Waals surface area contributed by atoms with Crippen molar-refractivity contribution < 1.29 is 18.3 Å². The molecule has 5 rings (SSSR count). The van der Waals surface area contributed by atoms with Crippen molar-refractivity contribution in [1.29, 1.82) is 0 Å². The third kappa shape index (κ3) is 4.99. The van der Waals surface area contributed by atoms with Gasteiger partial charge in [0, 0.05) is 49.1 Å². The molecule has 3 unspecified atom stereocenters. The maximum Gasteiger partial charge on any atom is 0.276 e. The number of methoxy groups -OCH3 is 1. The lowest BCUT2D eigenvalue weighted by Gasteiger charge is -2.27. The van der Waals surface area contributed by atoms with Crippen molar-refractivity contribution in [2.45, 2.75) is 44.2 Å². The number of fused-ring (bicyclic) bond motifs is 2. The first-order valence-electron chi connectivity index (χ1n) is 12.4. The van der Waals surface area contributed by atoms with Crippen LogP contribution in [0.15, 0.2) is 24.3 Å². The smallest absolute Gasteiger partial charge is 0.276 e. The van der Waals surface area contributed by atoms with Crippen molar-refractivity contribution in [2.75, 3.05) is 44.5 Å². The normalized spacial score (nSPS) is 21.9. The average Bonchev–Trinajstić information content (AvgIpc) is 3.45. The molecule has 0 saturated carbocycles. The van der Waals surface area contributed by atoms with Crippen molar-refractivity contribution in [2.24, 2.45) is 5.92 Å². The molecule has 2 aliphatic rings. The Balaban J connectivity index is 1.26. The molecule has 1 fully saturated rings. The van der Waals surface area contributed by atoms with Crippen molar-refractivity contribution in [3.05, 3.63) is 46.1 Å². The molecule has 0 radical (unpaired) electrons. The molecule has 3 aromatic heterocycles. The molecular formula is C26H32F2N6O2S. The van der Waals surface area contributed by atoms with E-state index in [1.165, 1.54) is 18.4 Å². The van der Waals surface area contributed by atoms with Crippen LogP contribution in [-0.2, 0) is 17.6 Å². The molecule has 3 atom stereocenters. The lowest BCUT2D eigenvalue weighted by molar-refractivity contribution is -0.107. The summed E-state index contributed by atoms with van der Waals surface area (Å²) in [7, 11) is 3.01. The first kappa shape index (κ1) is 25.7. The monoisotopic (exact) mass is 530 g/mol. The minimum absolute atomic E-state index is 0.0375. The van der Waals surface area contributed by atoms with E-state index in [4.69, 9.17) is 15.5 Å². The van der Waals surface area contributed by atoms with E-state index in [1.807, 2.05) is 36.1 Å². The van der Waals surface area contributed by atoms with E-state index in [0.717, 1.165) is 33.6 Å². The van der Waals surface area contributed by atoms with Crippen molar-refractivity contribution >= 4 is 39.0 Å². The van der Waals surface area contributed by atoms with Crippen LogP contribution in [0.2, 0.25) is 0 Å². The minimum Gasteiger partial charge on any atom is -0.397 e. The van der Waals surface area contributed by atoms with Crippen LogP contribution in [0.3, 0.4) is 0 Å². The first-order valence-corrected chi connectivity index (χ1v) is 13.3. The molecule has 1 saturated heterocycles. The predicted octanol–water partition coefficient (Wildman–Crippen LogP) is 3.18. The van der Waals surface area contributed by atoms with Gasteiger partial charge in [0.2, 0.25) is 0 Å². The third-order valence-electron chi connectivity index (χ3n) is 7.42. The number of nitrogen functional groups attached to an aromatic ring is 1. The fraction of sp³-hybridized carbons (Fsp3) is 0.500. The van der Waals surface area contributed by atoms with Gasteiger partial charge >= 0.3 is 0 Å². The highest BCUT2D eigenvalue weighted by atomic mass is 32.1. The summed E-state index contributed by atoms with van der Waals surface area (Å²) in [4.78, 5) is 25.5. The molecule has 3 aromatic rings. The summed E-state index contributed by atoms with van der Waals surface area (Å²) < 4.78 is 34.1. The molecule has 0 bridgehead atoms. The highest BCUT2D eigenvalue weighted by Gasteiger charge is 2.49. The largest absolute Gasteiger partial charge is 0.397 e. The molecule has 4 heterocycles. The zero-order valence-corrected chi connectivity index (χ0v) is 22.0. The minimum atomic E-state index is -2.93. The van der Waals surface area contributed by atoms with Crippen LogP contribution in [-0.4, -0.2) is 67.7 Å². The number of rotatable bonds is 7. The van der Waals surface area contributed by atoms with Crippen molar-refractivity contribution in [3.63, 3.8) is 0 Å². The number of pyridine rings is 2. The van der Waals surface area contributed by atoms with Gasteiger partial charge in [-0.3, -0.25) is 4.79 Å². The van der Waals surface area contributed by atoms with Crippen LogP contribution in [0.25, 0.3) is 10.2 Å². The number of aryl methyl sites for hydroxylation is 2. The number of nitrogens with two attached hydrogens (primary N) is 1. The molecule has 0 aromatic carbocycles. The topological polar surface area (TPSA) is 105 Å². The van der Waals surface area contributed by atoms with E-state index >= 15 is 0 Å². The quantitative estimate of drug-likeness (QED) is 0.431. The molecule has 4 N–H and O–H groups in total. The molecule has 198 valence electrons. The number of carbonyl (C=O) groups excluding carboxylic acids is 1. The number of ether oxygens (including phenoxy) is 1. The summed E-state index contributed by atoms with van der Waals surface area (Å²) in [6.07, 6.45) is 2.10. The van der Waals surface area contributed by atoms with Gasteiger partial charge in [0.05, 0.1) is 11.6 Å². The van der Waals surface area contributed by atoms with Gasteiger partial charge in [-0.05, 0) is 57.0 Å². The van der Waals surface area contributed by atoms with E-state index in [-0.39, 0.29) is 24.5 Å². The number of hydrogen-bond acceptors (Lipinski definition) is 8. The summed E-state index contributed by atoms with van der Waals surface area (Å²) in [5.74, 6) is -3.27. The Morgan fingerprint density at radius 3 is 2.84 bits per heavy atom. The van der Waals surface area contributed by atoms with Crippen molar-refractivity contribution in [1.82, 2.24) is 20.6 Å². The van der Waals surface area contributed by atoms with Crippen molar-refractivity contribution in [3.8, 4) is 0 Å². The molecule has 1 aliphatic carbocycles. The number of carbonyl (C=O) groups is 1. The fourth-order valence-electron chi connectivity index (χ4n) is 5.42. The zero-order valence-electron chi connectivity index (χ0n) is 21.2. The Hall–Kier alpha value is -2.89. The number of aromatic nitrogens is 2. The van der Waals surface area contributed by atoms with Gasteiger partial charge in [0.1, 0.15) is 22.1 Å². The predicted molar refractivity (Wildman–Crippen MR) is 142 cm³/mol. The summed E-state index contributed by atoms with van der Waals surface area (Å²) >= 11 is 1.31. The number of amides is 1. The number of halogens is 2. The second-order valence-corrected chi connectivity index (χ2v) is 10.9. The number of anilines is 2. The molecule has 11 heteroatoms. The highest BCUT2D eigenvalue weighted by molar-refractivity contribution is 7.21. The first-order chi connectivity index (χ1) is 17.7. The van der Waals surface area contributed by atoms with E-state index in [1.54, 1.807) is 7.05 Å². The number of nitrogens with one attached hydrogen (secondary N) is 2. The van der Waals surface area contributed by atoms with Crippen LogP contribution < -0.4 is 21.3 Å². The van der Waals surface area contributed by atoms with E-state index in [0.29, 0.717) is 35.8 Å². The van der Waals surface area contributed by atoms with Gasteiger partial charge in [-0.1, -0.05) is 6.07 Å². The van der Waals surface area contributed by atoms with Gasteiger partial charge in [-0.2, -0.15) is 0 Å². The Kier molecular flexibility index (Phi) is 7.03. The van der Waals surface area contributed by atoms with Crippen LogP contribution >= 0.6 is 11.3 Å². The lowest BCUT2D eigenvalue weighted by Crippen LogP contribution is -2.45. The van der Waals surface area contributed by atoms with E-state index < -0.39 is 18.4 Å². The zero-order chi connectivity index (χ0) is 26.3. The van der Waals surface area contributed by atoms with Gasteiger partial charge < -0.3 is 26.0 Å². The van der Waals surface area contributed by atoms with Gasteiger partial charge in [-0.25, -0.2) is 18.7 Å². The third-order valence-corrected chi connectivity index (χ3v) is 8.53. The SMILES string of the molecule is CNC1CN(c2ccc3c(n2)CCC(NC(=O)c2sc4nc(C)ccc4c2N)C3)CC1C(F)(F)COC. The fourth-order valence-corrected chi connectivity index (χ4v) is 6.46. The van der Waals surface area contributed by atoms with Gasteiger partial charge in [0.15, 0.2) is 0 Å². The van der Waals surface area contributed by atoms with Gasteiger partial charge in [-0.15, -0.1) is 11.3 Å². The average molecular weight is 531 g/mol. The maximum absolute atomic E-state index is 14.6. The number of likely N-dealkylation sites (N-methyl/N-ethyl adjacent to an activating group) is 1. The number of thiophene rings is 1. The van der Waals surface area contributed by atoms with Gasteiger partial charge in [0.25, 0.3) is 11.8 Å². The maximum atomic E-state index is 14.6. The van der Waals surface area contributed by atoms with Crippen LogP contribution in [0.1, 0.15) is 33.0 Å². The summed E-state index contributed by atoms with van der Waals surface area (Å²) in [6, 6.07) is 7.29. The molecule has 8 nitrogen and oxygen atoms in total. The second kappa shape index (κ2) is 10.1. The Labute approximate surface area is 218 Å². The van der Waals surface area contributed by atoms with Crippen LogP contribution in [0, 0.1) is 12.8 Å². The Morgan fingerprint density at radius 1 is 1.27 bits per heavy atom. The summed E-state index contributed by atoms with van der Waals surface area (Å²) in [5.41, 5.74) is 9.62. The number of alkyl halides is 2. The lowest BCUT2D eigenvalue weighted by atomic mass is 9.91. The second-order valence-electron chi connectivity index (χ2n) is 9.94. The number of nitrogens with zero attached hydrogens (tertiary/aromatic N) is 3. The van der Waals surface area contributed by atoms with E-state index in [2.05, 4.69) is 15.6 Å². The number of hydrogen-bond donors (Lipinski definition) is 3. The molecule has 0 spiro atoms. The standard InChI is InChI=1S/C26H32F2N6O2S/c1-14-4-7-17-22(29)23(37-25(17)31-14)24(35)32-16-6-8-19-15(10-16)5-9-21(33-19)34-11-18(20(12-34)30-2)26(27,28)13-36-3/h4-5,7,9,16,18,20,30H,6,8,10-13,29H2,1-3H3,(H,32,35). The molecular weight excluding hydrogens is 498 g/mol. The Morgan fingerprint density at radius 2 is 2.08 bits per heavy atom.